The zero-order valence-corrected chi connectivity index (χ0v) is 12.3. The van der Waals surface area contributed by atoms with Crippen LogP contribution in [0.4, 0.5) is 5.69 Å². The number of nitrogens with one attached hydrogen (secondary N) is 1. The highest BCUT2D eigenvalue weighted by Gasteiger charge is 2.21. The van der Waals surface area contributed by atoms with Gasteiger partial charge >= 0.3 is 0 Å². The van der Waals surface area contributed by atoms with E-state index in [2.05, 4.69) is 34.6 Å². The molecule has 1 heterocycles. The van der Waals surface area contributed by atoms with Gasteiger partial charge in [-0.3, -0.25) is 9.78 Å². The van der Waals surface area contributed by atoms with Crippen LogP contribution in [0.25, 0.3) is 0 Å². The SMILES string of the molecule is CN(C)C(=O)c1cc(NC2Cc3ccccc3C2)ccn1. The number of rotatable bonds is 3. The van der Waals surface area contributed by atoms with Gasteiger partial charge in [-0.1, -0.05) is 24.3 Å². The van der Waals surface area contributed by atoms with E-state index in [1.54, 1.807) is 20.3 Å². The first kappa shape index (κ1) is 13.6. The molecule has 0 bridgehead atoms. The van der Waals surface area contributed by atoms with E-state index in [0.29, 0.717) is 11.7 Å². The summed E-state index contributed by atoms with van der Waals surface area (Å²) >= 11 is 0. The summed E-state index contributed by atoms with van der Waals surface area (Å²) in [6.07, 6.45) is 3.73. The Morgan fingerprint density at radius 2 is 1.86 bits per heavy atom. The van der Waals surface area contributed by atoms with Crippen molar-refractivity contribution in [3.8, 4) is 0 Å². The molecular formula is C17H19N3O. The Morgan fingerprint density at radius 1 is 1.19 bits per heavy atom. The summed E-state index contributed by atoms with van der Waals surface area (Å²) in [5.41, 5.74) is 4.25. The smallest absolute Gasteiger partial charge is 0.272 e. The number of benzene rings is 1. The summed E-state index contributed by atoms with van der Waals surface area (Å²) in [5, 5.41) is 3.51. The van der Waals surface area contributed by atoms with Gasteiger partial charge in [0.2, 0.25) is 0 Å². The molecule has 1 amide bonds. The Balaban J connectivity index is 1.72. The van der Waals surface area contributed by atoms with Crippen LogP contribution in [-0.2, 0) is 12.8 Å². The fourth-order valence-electron chi connectivity index (χ4n) is 2.76. The average molecular weight is 281 g/mol. The molecule has 0 radical (unpaired) electrons. The highest BCUT2D eigenvalue weighted by molar-refractivity contribution is 5.92. The van der Waals surface area contributed by atoms with Crippen LogP contribution in [0.5, 0.6) is 0 Å². The van der Waals surface area contributed by atoms with E-state index in [0.717, 1.165) is 18.5 Å². The van der Waals surface area contributed by atoms with E-state index in [9.17, 15) is 4.79 Å². The number of amides is 1. The van der Waals surface area contributed by atoms with E-state index in [-0.39, 0.29) is 5.91 Å². The number of pyridine rings is 1. The van der Waals surface area contributed by atoms with Crippen LogP contribution in [0.2, 0.25) is 0 Å². The number of anilines is 1. The fourth-order valence-corrected chi connectivity index (χ4v) is 2.76. The van der Waals surface area contributed by atoms with Gasteiger partial charge in [-0.2, -0.15) is 0 Å². The molecule has 108 valence electrons. The highest BCUT2D eigenvalue weighted by atomic mass is 16.2. The quantitative estimate of drug-likeness (QED) is 0.939. The number of carbonyl (C=O) groups is 1. The molecule has 21 heavy (non-hydrogen) atoms. The van der Waals surface area contributed by atoms with Crippen molar-refractivity contribution >= 4 is 11.6 Å². The van der Waals surface area contributed by atoms with Gasteiger partial charge in [0.05, 0.1) is 0 Å². The Bertz CT molecular complexity index is 642. The van der Waals surface area contributed by atoms with Crippen molar-refractivity contribution in [2.45, 2.75) is 18.9 Å². The Labute approximate surface area is 124 Å². The van der Waals surface area contributed by atoms with Crippen LogP contribution in [0.15, 0.2) is 42.6 Å². The molecule has 4 heteroatoms. The molecule has 0 saturated carbocycles. The second-order valence-electron chi connectivity index (χ2n) is 5.65. The lowest BCUT2D eigenvalue weighted by molar-refractivity contribution is 0.0822. The first-order valence-electron chi connectivity index (χ1n) is 7.14. The van der Waals surface area contributed by atoms with Gasteiger partial charge in [0.15, 0.2) is 0 Å². The topological polar surface area (TPSA) is 45.2 Å². The molecule has 3 rings (SSSR count). The summed E-state index contributed by atoms with van der Waals surface area (Å²) < 4.78 is 0. The molecular weight excluding hydrogens is 262 g/mol. The van der Waals surface area contributed by atoms with E-state index in [4.69, 9.17) is 0 Å². The predicted octanol–water partition coefficient (Wildman–Crippen LogP) is 2.36. The van der Waals surface area contributed by atoms with Crippen LogP contribution >= 0.6 is 0 Å². The third-order valence-corrected chi connectivity index (χ3v) is 3.81. The van der Waals surface area contributed by atoms with Crippen LogP contribution < -0.4 is 5.32 Å². The number of nitrogens with zero attached hydrogens (tertiary/aromatic N) is 2. The first-order valence-corrected chi connectivity index (χ1v) is 7.14. The molecule has 2 aromatic rings. The lowest BCUT2D eigenvalue weighted by Gasteiger charge is -2.15. The summed E-state index contributed by atoms with van der Waals surface area (Å²) in [6.45, 7) is 0. The monoisotopic (exact) mass is 281 g/mol. The minimum absolute atomic E-state index is 0.0756. The van der Waals surface area contributed by atoms with Gasteiger partial charge in [0.25, 0.3) is 5.91 Å². The average Bonchev–Trinajstić information content (AvgIpc) is 2.88. The van der Waals surface area contributed by atoms with Crippen LogP contribution in [0, 0.1) is 0 Å². The van der Waals surface area contributed by atoms with Gasteiger partial charge in [0, 0.05) is 32.0 Å². The third-order valence-electron chi connectivity index (χ3n) is 3.81. The molecule has 0 fully saturated rings. The summed E-state index contributed by atoms with van der Waals surface area (Å²) in [4.78, 5) is 17.6. The van der Waals surface area contributed by atoms with Crippen LogP contribution in [0.1, 0.15) is 21.6 Å². The van der Waals surface area contributed by atoms with E-state index in [1.165, 1.54) is 16.0 Å². The minimum Gasteiger partial charge on any atom is -0.382 e. The van der Waals surface area contributed by atoms with Gasteiger partial charge < -0.3 is 10.2 Å². The summed E-state index contributed by atoms with van der Waals surface area (Å²) in [5.74, 6) is -0.0756. The standard InChI is InChI=1S/C17H19N3O/c1-20(2)17(21)16-11-14(7-8-18-16)19-15-9-12-5-3-4-6-13(12)10-15/h3-8,11,15H,9-10H2,1-2H3,(H,18,19). The van der Waals surface area contributed by atoms with E-state index < -0.39 is 0 Å². The van der Waals surface area contributed by atoms with Gasteiger partial charge in [-0.25, -0.2) is 0 Å². The van der Waals surface area contributed by atoms with Crippen molar-refractivity contribution in [2.75, 3.05) is 19.4 Å². The maximum atomic E-state index is 11.9. The van der Waals surface area contributed by atoms with Crippen molar-refractivity contribution < 1.29 is 4.79 Å². The van der Waals surface area contributed by atoms with Gasteiger partial charge in [-0.15, -0.1) is 0 Å². The van der Waals surface area contributed by atoms with Crippen LogP contribution in [-0.4, -0.2) is 35.9 Å². The highest BCUT2D eigenvalue weighted by Crippen LogP contribution is 2.24. The number of aromatic nitrogens is 1. The van der Waals surface area contributed by atoms with Crippen molar-refractivity contribution in [3.63, 3.8) is 0 Å². The molecule has 4 nitrogen and oxygen atoms in total. The molecule has 1 aliphatic carbocycles. The van der Waals surface area contributed by atoms with Crippen molar-refractivity contribution in [1.82, 2.24) is 9.88 Å². The minimum atomic E-state index is -0.0756. The summed E-state index contributed by atoms with van der Waals surface area (Å²) in [7, 11) is 3.47. The number of hydrogen-bond acceptors (Lipinski definition) is 3. The number of carbonyl (C=O) groups excluding carboxylic acids is 1. The summed E-state index contributed by atoms with van der Waals surface area (Å²) in [6, 6.07) is 12.7. The fraction of sp³-hybridized carbons (Fsp3) is 0.294. The predicted molar refractivity (Wildman–Crippen MR) is 83.5 cm³/mol. The largest absolute Gasteiger partial charge is 0.382 e. The maximum Gasteiger partial charge on any atom is 0.272 e. The molecule has 1 aromatic carbocycles. The molecule has 0 atom stereocenters. The number of hydrogen-bond donors (Lipinski definition) is 1. The molecule has 0 saturated heterocycles. The van der Waals surface area contributed by atoms with Crippen molar-refractivity contribution in [1.29, 1.82) is 0 Å². The zero-order valence-electron chi connectivity index (χ0n) is 12.3. The Hall–Kier alpha value is -2.36. The van der Waals surface area contributed by atoms with Crippen molar-refractivity contribution in [2.24, 2.45) is 0 Å². The molecule has 0 spiro atoms. The third kappa shape index (κ3) is 2.89. The molecule has 0 unspecified atom stereocenters. The maximum absolute atomic E-state index is 11.9. The van der Waals surface area contributed by atoms with E-state index >= 15 is 0 Å². The van der Waals surface area contributed by atoms with Gasteiger partial charge in [-0.05, 0) is 36.1 Å². The lowest BCUT2D eigenvalue weighted by atomic mass is 10.1. The van der Waals surface area contributed by atoms with Crippen LogP contribution in [0.3, 0.4) is 0 Å². The molecule has 1 aromatic heterocycles. The van der Waals surface area contributed by atoms with Crippen molar-refractivity contribution in [3.05, 3.63) is 59.4 Å². The normalized spacial score (nSPS) is 13.8. The molecule has 1 N–H and O–H groups in total. The second kappa shape index (κ2) is 5.56. The lowest BCUT2D eigenvalue weighted by Crippen LogP contribution is -2.23. The Morgan fingerprint density at radius 3 is 2.48 bits per heavy atom. The molecule has 0 aliphatic heterocycles. The zero-order chi connectivity index (χ0) is 14.8. The number of fused-ring (bicyclic) bond motifs is 1. The Kier molecular flexibility index (Phi) is 3.60. The second-order valence-corrected chi connectivity index (χ2v) is 5.65. The van der Waals surface area contributed by atoms with E-state index in [1.807, 2.05) is 12.1 Å². The van der Waals surface area contributed by atoms with Gasteiger partial charge in [0.1, 0.15) is 5.69 Å². The first-order chi connectivity index (χ1) is 10.1. The molecule has 1 aliphatic rings.